The molecule has 0 aliphatic carbocycles. The van der Waals surface area contributed by atoms with Crippen molar-refractivity contribution >= 4 is 16.0 Å². The molecular formula is C10H10O5S. The summed E-state index contributed by atoms with van der Waals surface area (Å²) in [6.07, 6.45) is -1.54. The quantitative estimate of drug-likeness (QED) is 0.812. The van der Waals surface area contributed by atoms with E-state index >= 15 is 0 Å². The van der Waals surface area contributed by atoms with Crippen LogP contribution < -0.4 is 0 Å². The molecule has 0 amide bonds. The molecule has 0 heterocycles. The number of carbonyl (C=O) groups is 1. The summed E-state index contributed by atoms with van der Waals surface area (Å²) in [6, 6.07) is 7.62. The van der Waals surface area contributed by atoms with Crippen LogP contribution in [-0.4, -0.2) is 26.3 Å². The third-order valence-corrected chi connectivity index (χ3v) is 3.56. The zero-order valence-electron chi connectivity index (χ0n) is 8.29. The molecule has 0 atom stereocenters. The van der Waals surface area contributed by atoms with Crippen molar-refractivity contribution < 1.29 is 23.1 Å². The van der Waals surface area contributed by atoms with Gasteiger partial charge >= 0.3 is 6.16 Å². The maximum Gasteiger partial charge on any atom is 0.506 e. The van der Waals surface area contributed by atoms with Gasteiger partial charge in [-0.05, 0) is 12.1 Å². The van der Waals surface area contributed by atoms with Gasteiger partial charge in [-0.1, -0.05) is 24.8 Å². The van der Waals surface area contributed by atoms with Crippen LogP contribution in [-0.2, 0) is 14.6 Å². The first-order valence-corrected chi connectivity index (χ1v) is 5.76. The Morgan fingerprint density at radius 2 is 1.88 bits per heavy atom. The van der Waals surface area contributed by atoms with Crippen molar-refractivity contribution in [2.75, 3.05) is 6.61 Å². The molecule has 0 spiro atoms. The van der Waals surface area contributed by atoms with Crippen molar-refractivity contribution in [1.29, 1.82) is 0 Å². The molecule has 1 rings (SSSR count). The van der Waals surface area contributed by atoms with Gasteiger partial charge < -0.3 is 9.84 Å². The van der Waals surface area contributed by atoms with Crippen LogP contribution in [0.3, 0.4) is 0 Å². The highest BCUT2D eigenvalue weighted by molar-refractivity contribution is 7.95. The van der Waals surface area contributed by atoms with Crippen LogP contribution in [0.5, 0.6) is 0 Å². The van der Waals surface area contributed by atoms with E-state index in [-0.39, 0.29) is 9.80 Å². The van der Waals surface area contributed by atoms with Crippen molar-refractivity contribution in [2.24, 2.45) is 0 Å². The largest absolute Gasteiger partial charge is 0.506 e. The summed E-state index contributed by atoms with van der Waals surface area (Å²) in [5.41, 5.74) is 0. The predicted molar refractivity (Wildman–Crippen MR) is 56.7 cm³/mol. The minimum absolute atomic E-state index is 0.0639. The molecule has 0 unspecified atom stereocenters. The predicted octanol–water partition coefficient (Wildman–Crippen LogP) is 1.67. The topological polar surface area (TPSA) is 80.7 Å². The molecule has 0 fully saturated rings. The minimum atomic E-state index is -3.72. The summed E-state index contributed by atoms with van der Waals surface area (Å²) >= 11 is 0. The van der Waals surface area contributed by atoms with Crippen molar-refractivity contribution in [2.45, 2.75) is 4.90 Å². The molecule has 1 aromatic rings. The van der Waals surface area contributed by atoms with Crippen LogP contribution in [0.4, 0.5) is 4.79 Å². The molecule has 0 aliphatic heterocycles. The molecule has 1 aromatic carbocycles. The third kappa shape index (κ3) is 2.83. The molecule has 0 saturated carbocycles. The Kier molecular flexibility index (Phi) is 3.68. The molecule has 1 N–H and O–H groups in total. The number of rotatable bonds is 4. The van der Waals surface area contributed by atoms with Crippen molar-refractivity contribution in [3.05, 3.63) is 41.8 Å². The second kappa shape index (κ2) is 4.80. The Hall–Kier alpha value is -1.82. The van der Waals surface area contributed by atoms with Gasteiger partial charge in [-0.3, -0.25) is 0 Å². The van der Waals surface area contributed by atoms with E-state index in [9.17, 15) is 13.2 Å². The smallest absolute Gasteiger partial charge is 0.450 e. The zero-order chi connectivity index (χ0) is 12.2. The van der Waals surface area contributed by atoms with Gasteiger partial charge in [0.2, 0.25) is 9.84 Å². The molecule has 6 heteroatoms. The summed E-state index contributed by atoms with van der Waals surface area (Å²) in [4.78, 5) is 9.88. The number of carboxylic acid groups (broad SMARTS) is 1. The van der Waals surface area contributed by atoms with Crippen LogP contribution in [0, 0.1) is 0 Å². The van der Waals surface area contributed by atoms with E-state index < -0.39 is 22.6 Å². The van der Waals surface area contributed by atoms with E-state index in [0.29, 0.717) is 0 Å². The Morgan fingerprint density at radius 1 is 1.31 bits per heavy atom. The Bertz CT molecular complexity index is 489. The zero-order valence-corrected chi connectivity index (χ0v) is 9.11. The van der Waals surface area contributed by atoms with Crippen LogP contribution in [0.15, 0.2) is 46.7 Å². The van der Waals surface area contributed by atoms with E-state index in [1.165, 1.54) is 12.1 Å². The lowest BCUT2D eigenvalue weighted by Gasteiger charge is -2.06. The fourth-order valence-corrected chi connectivity index (χ4v) is 2.05. The molecule has 0 aliphatic rings. The van der Waals surface area contributed by atoms with E-state index in [2.05, 4.69) is 11.3 Å². The minimum Gasteiger partial charge on any atom is -0.450 e. The summed E-state index contributed by atoms with van der Waals surface area (Å²) in [5.74, 6) is 0. The Morgan fingerprint density at radius 3 is 2.38 bits per heavy atom. The lowest BCUT2D eigenvalue weighted by molar-refractivity contribution is 0.101. The maximum absolute atomic E-state index is 11.8. The van der Waals surface area contributed by atoms with Gasteiger partial charge in [0.25, 0.3) is 0 Å². The molecule has 0 bridgehead atoms. The summed E-state index contributed by atoms with van der Waals surface area (Å²) in [7, 11) is -3.72. The number of hydrogen-bond donors (Lipinski definition) is 1. The van der Waals surface area contributed by atoms with E-state index in [1.807, 2.05) is 0 Å². The molecule has 0 aromatic heterocycles. The van der Waals surface area contributed by atoms with Gasteiger partial charge in [-0.25, -0.2) is 13.2 Å². The first kappa shape index (κ1) is 12.3. The van der Waals surface area contributed by atoms with Crippen LogP contribution in [0.2, 0.25) is 0 Å². The molecular weight excluding hydrogens is 232 g/mol. The first-order chi connectivity index (χ1) is 7.44. The normalized spacial score (nSPS) is 10.8. The SMILES string of the molecule is C=C(COC(=O)O)S(=O)(=O)c1ccccc1. The Balaban J connectivity index is 2.87. The number of ether oxygens (including phenoxy) is 1. The highest BCUT2D eigenvalue weighted by Crippen LogP contribution is 2.17. The molecule has 16 heavy (non-hydrogen) atoms. The van der Waals surface area contributed by atoms with E-state index in [4.69, 9.17) is 5.11 Å². The van der Waals surface area contributed by atoms with Crippen LogP contribution in [0.1, 0.15) is 0 Å². The van der Waals surface area contributed by atoms with Gasteiger partial charge in [0.05, 0.1) is 9.80 Å². The summed E-state index contributed by atoms with van der Waals surface area (Å²) in [6.45, 7) is 2.74. The Labute approximate surface area is 92.9 Å². The maximum atomic E-state index is 11.8. The van der Waals surface area contributed by atoms with Crippen LogP contribution >= 0.6 is 0 Å². The second-order valence-electron chi connectivity index (χ2n) is 2.91. The van der Waals surface area contributed by atoms with Crippen molar-refractivity contribution in [1.82, 2.24) is 0 Å². The monoisotopic (exact) mass is 242 g/mol. The highest BCUT2D eigenvalue weighted by Gasteiger charge is 2.19. The van der Waals surface area contributed by atoms with Gasteiger partial charge in [0, 0.05) is 0 Å². The van der Waals surface area contributed by atoms with Crippen molar-refractivity contribution in [3.63, 3.8) is 0 Å². The van der Waals surface area contributed by atoms with Gasteiger partial charge in [0.15, 0.2) is 0 Å². The van der Waals surface area contributed by atoms with Gasteiger partial charge in [0.1, 0.15) is 6.61 Å². The molecule has 0 saturated heterocycles. The highest BCUT2D eigenvalue weighted by atomic mass is 32.2. The van der Waals surface area contributed by atoms with Crippen molar-refractivity contribution in [3.8, 4) is 0 Å². The second-order valence-corrected chi connectivity index (χ2v) is 4.97. The fraction of sp³-hybridized carbons (Fsp3) is 0.100. The first-order valence-electron chi connectivity index (χ1n) is 4.28. The lowest BCUT2D eigenvalue weighted by atomic mass is 10.4. The third-order valence-electron chi connectivity index (χ3n) is 1.79. The number of sulfone groups is 1. The average Bonchev–Trinajstić information content (AvgIpc) is 2.27. The van der Waals surface area contributed by atoms with Gasteiger partial charge in [-0.2, -0.15) is 0 Å². The number of benzene rings is 1. The number of hydrogen-bond acceptors (Lipinski definition) is 4. The summed E-state index contributed by atoms with van der Waals surface area (Å²) < 4.78 is 27.7. The molecule has 0 radical (unpaired) electrons. The summed E-state index contributed by atoms with van der Waals surface area (Å²) in [5, 5.41) is 8.24. The van der Waals surface area contributed by atoms with Crippen LogP contribution in [0.25, 0.3) is 0 Å². The molecule has 5 nitrogen and oxygen atoms in total. The molecule has 86 valence electrons. The van der Waals surface area contributed by atoms with E-state index in [0.717, 1.165) is 0 Å². The van der Waals surface area contributed by atoms with E-state index in [1.54, 1.807) is 18.2 Å². The van der Waals surface area contributed by atoms with Gasteiger partial charge in [-0.15, -0.1) is 0 Å². The standard InChI is InChI=1S/C10H10O5S/c1-8(7-15-10(11)12)16(13,14)9-5-3-2-4-6-9/h2-6H,1,7H2,(H,11,12). The average molecular weight is 242 g/mol. The lowest BCUT2D eigenvalue weighted by Crippen LogP contribution is -2.11. The fourth-order valence-electron chi connectivity index (χ4n) is 0.986.